The molecule has 7 heteroatoms. The van der Waals surface area contributed by atoms with Gasteiger partial charge in [-0.2, -0.15) is 0 Å². The number of rotatable bonds is 5. The van der Waals surface area contributed by atoms with E-state index in [1.165, 1.54) is 7.11 Å². The summed E-state index contributed by atoms with van der Waals surface area (Å²) in [7, 11) is 1.39. The van der Waals surface area contributed by atoms with Gasteiger partial charge in [-0.05, 0) is 30.8 Å². The molecular formula is C17H23N3O3S. The molecule has 1 aliphatic heterocycles. The van der Waals surface area contributed by atoms with Crippen molar-refractivity contribution in [1.82, 2.24) is 15.1 Å². The summed E-state index contributed by atoms with van der Waals surface area (Å²) in [6.07, 6.45) is 1.06. The predicted octanol–water partition coefficient (Wildman–Crippen LogP) is 1.27. The SMILES string of the molecule is COC(=O)CCCNC(=S)N1CCN(C(=O)c2ccccc2)CC1. The first-order valence-electron chi connectivity index (χ1n) is 8.05. The van der Waals surface area contributed by atoms with E-state index in [9.17, 15) is 9.59 Å². The van der Waals surface area contributed by atoms with E-state index in [1.807, 2.05) is 35.2 Å². The fourth-order valence-corrected chi connectivity index (χ4v) is 2.80. The monoisotopic (exact) mass is 349 g/mol. The summed E-state index contributed by atoms with van der Waals surface area (Å²) in [4.78, 5) is 27.3. The number of carbonyl (C=O) groups is 2. The maximum absolute atomic E-state index is 12.4. The van der Waals surface area contributed by atoms with Gasteiger partial charge >= 0.3 is 5.97 Å². The number of methoxy groups -OCH3 is 1. The fraction of sp³-hybridized carbons (Fsp3) is 0.471. The highest BCUT2D eigenvalue weighted by atomic mass is 32.1. The molecule has 0 atom stereocenters. The molecule has 1 amide bonds. The van der Waals surface area contributed by atoms with Crippen molar-refractivity contribution in [3.05, 3.63) is 35.9 Å². The van der Waals surface area contributed by atoms with Crippen LogP contribution in [0, 0.1) is 0 Å². The van der Waals surface area contributed by atoms with E-state index in [0.29, 0.717) is 50.7 Å². The lowest BCUT2D eigenvalue weighted by molar-refractivity contribution is -0.140. The summed E-state index contributed by atoms with van der Waals surface area (Å²) in [5, 5.41) is 3.83. The minimum atomic E-state index is -0.212. The van der Waals surface area contributed by atoms with E-state index < -0.39 is 0 Å². The molecule has 0 aliphatic carbocycles. The fourth-order valence-electron chi connectivity index (χ4n) is 2.52. The summed E-state index contributed by atoms with van der Waals surface area (Å²) in [6.45, 7) is 3.36. The van der Waals surface area contributed by atoms with Crippen molar-refractivity contribution in [2.75, 3.05) is 39.8 Å². The normalized spacial score (nSPS) is 14.2. The number of nitrogens with zero attached hydrogens (tertiary/aromatic N) is 2. The summed E-state index contributed by atoms with van der Waals surface area (Å²) < 4.78 is 4.60. The van der Waals surface area contributed by atoms with E-state index in [4.69, 9.17) is 12.2 Å². The zero-order valence-electron chi connectivity index (χ0n) is 13.9. The van der Waals surface area contributed by atoms with Crippen molar-refractivity contribution in [2.24, 2.45) is 0 Å². The molecule has 1 heterocycles. The molecule has 0 bridgehead atoms. The molecule has 24 heavy (non-hydrogen) atoms. The number of thiocarbonyl (C=S) groups is 1. The second-order valence-electron chi connectivity index (χ2n) is 5.56. The topological polar surface area (TPSA) is 61.9 Å². The Hall–Kier alpha value is -2.15. The number of esters is 1. The Kier molecular flexibility index (Phi) is 6.99. The van der Waals surface area contributed by atoms with E-state index in [1.54, 1.807) is 0 Å². The Morgan fingerprint density at radius 3 is 2.38 bits per heavy atom. The average molecular weight is 349 g/mol. The zero-order valence-corrected chi connectivity index (χ0v) is 14.7. The van der Waals surface area contributed by atoms with E-state index in [-0.39, 0.29) is 11.9 Å². The van der Waals surface area contributed by atoms with Gasteiger partial charge in [0.2, 0.25) is 0 Å². The number of hydrogen-bond donors (Lipinski definition) is 1. The molecule has 0 saturated carbocycles. The third kappa shape index (κ3) is 5.19. The van der Waals surface area contributed by atoms with Crippen LogP contribution in [0.5, 0.6) is 0 Å². The number of amides is 1. The second-order valence-corrected chi connectivity index (χ2v) is 5.94. The van der Waals surface area contributed by atoms with Crippen molar-refractivity contribution in [2.45, 2.75) is 12.8 Å². The first-order chi connectivity index (χ1) is 11.6. The molecule has 1 N–H and O–H groups in total. The highest BCUT2D eigenvalue weighted by molar-refractivity contribution is 7.80. The Morgan fingerprint density at radius 1 is 1.12 bits per heavy atom. The van der Waals surface area contributed by atoms with E-state index >= 15 is 0 Å². The summed E-state index contributed by atoms with van der Waals surface area (Å²) in [6, 6.07) is 9.32. The second kappa shape index (κ2) is 9.22. The van der Waals surface area contributed by atoms with Crippen molar-refractivity contribution >= 4 is 29.2 Å². The minimum Gasteiger partial charge on any atom is -0.469 e. The Morgan fingerprint density at radius 2 is 1.75 bits per heavy atom. The number of carbonyl (C=O) groups excluding carboxylic acids is 2. The van der Waals surface area contributed by atoms with Crippen LogP contribution in [0.25, 0.3) is 0 Å². The van der Waals surface area contributed by atoms with Gasteiger partial charge in [0.25, 0.3) is 5.91 Å². The number of nitrogens with one attached hydrogen (secondary N) is 1. The average Bonchev–Trinajstić information content (AvgIpc) is 2.65. The molecule has 1 aromatic rings. The molecule has 0 aromatic heterocycles. The molecule has 1 saturated heterocycles. The molecule has 1 aromatic carbocycles. The number of benzene rings is 1. The Bertz CT molecular complexity index is 572. The van der Waals surface area contributed by atoms with Crippen molar-refractivity contribution in [3.63, 3.8) is 0 Å². The van der Waals surface area contributed by atoms with Gasteiger partial charge in [0, 0.05) is 44.7 Å². The Balaban J connectivity index is 1.71. The quantitative estimate of drug-likeness (QED) is 0.491. The van der Waals surface area contributed by atoms with Gasteiger partial charge in [-0.25, -0.2) is 0 Å². The van der Waals surface area contributed by atoms with E-state index in [2.05, 4.69) is 15.0 Å². The molecule has 0 radical (unpaired) electrons. The van der Waals surface area contributed by atoms with Gasteiger partial charge < -0.3 is 19.9 Å². The molecule has 0 unspecified atom stereocenters. The van der Waals surface area contributed by atoms with Crippen LogP contribution in [-0.2, 0) is 9.53 Å². The van der Waals surface area contributed by atoms with Gasteiger partial charge in [-0.1, -0.05) is 18.2 Å². The lowest BCUT2D eigenvalue weighted by Crippen LogP contribution is -2.53. The van der Waals surface area contributed by atoms with E-state index in [0.717, 1.165) is 5.56 Å². The van der Waals surface area contributed by atoms with Crippen LogP contribution in [0.1, 0.15) is 23.2 Å². The maximum atomic E-state index is 12.4. The van der Waals surface area contributed by atoms with Crippen molar-refractivity contribution in [3.8, 4) is 0 Å². The molecule has 1 fully saturated rings. The van der Waals surface area contributed by atoms with Crippen LogP contribution in [0.3, 0.4) is 0 Å². The van der Waals surface area contributed by atoms with Crippen LogP contribution in [-0.4, -0.2) is 66.6 Å². The molecule has 130 valence electrons. The van der Waals surface area contributed by atoms with Gasteiger partial charge in [0.15, 0.2) is 5.11 Å². The third-order valence-electron chi connectivity index (χ3n) is 3.94. The van der Waals surface area contributed by atoms with Crippen LogP contribution in [0.15, 0.2) is 30.3 Å². The first-order valence-corrected chi connectivity index (χ1v) is 8.46. The van der Waals surface area contributed by atoms with Gasteiger partial charge in [-0.15, -0.1) is 0 Å². The zero-order chi connectivity index (χ0) is 17.4. The lowest BCUT2D eigenvalue weighted by atomic mass is 10.2. The first kappa shape index (κ1) is 18.2. The van der Waals surface area contributed by atoms with Crippen LogP contribution >= 0.6 is 12.2 Å². The molecule has 6 nitrogen and oxygen atoms in total. The highest BCUT2D eigenvalue weighted by Crippen LogP contribution is 2.09. The van der Waals surface area contributed by atoms with Gasteiger partial charge in [-0.3, -0.25) is 9.59 Å². The summed E-state index contributed by atoms with van der Waals surface area (Å²) in [5.74, 6) is -0.150. The Labute approximate surface area is 147 Å². The molecular weight excluding hydrogens is 326 g/mol. The largest absolute Gasteiger partial charge is 0.469 e. The van der Waals surface area contributed by atoms with Crippen LogP contribution < -0.4 is 5.32 Å². The molecule has 0 spiro atoms. The third-order valence-corrected chi connectivity index (χ3v) is 4.34. The van der Waals surface area contributed by atoms with Gasteiger partial charge in [0.05, 0.1) is 7.11 Å². The van der Waals surface area contributed by atoms with Crippen molar-refractivity contribution < 1.29 is 14.3 Å². The summed E-state index contributed by atoms with van der Waals surface area (Å²) in [5.41, 5.74) is 0.717. The summed E-state index contributed by atoms with van der Waals surface area (Å²) >= 11 is 5.37. The highest BCUT2D eigenvalue weighted by Gasteiger charge is 2.23. The van der Waals surface area contributed by atoms with Crippen molar-refractivity contribution in [1.29, 1.82) is 0 Å². The minimum absolute atomic E-state index is 0.0622. The van der Waals surface area contributed by atoms with Crippen LogP contribution in [0.2, 0.25) is 0 Å². The standard InChI is InChI=1S/C17H23N3O3S/c1-23-15(21)8-5-9-18-17(24)20-12-10-19(11-13-20)16(22)14-6-3-2-4-7-14/h2-4,6-7H,5,8-13H2,1H3,(H,18,24). The number of piperazine rings is 1. The van der Waals surface area contributed by atoms with Crippen LogP contribution in [0.4, 0.5) is 0 Å². The number of hydrogen-bond acceptors (Lipinski definition) is 4. The lowest BCUT2D eigenvalue weighted by Gasteiger charge is -2.36. The predicted molar refractivity (Wildman–Crippen MR) is 95.8 cm³/mol. The smallest absolute Gasteiger partial charge is 0.305 e. The maximum Gasteiger partial charge on any atom is 0.305 e. The van der Waals surface area contributed by atoms with Gasteiger partial charge in [0.1, 0.15) is 0 Å². The molecule has 1 aliphatic rings. The molecule has 2 rings (SSSR count). The number of ether oxygens (including phenoxy) is 1.